The molecule has 0 aliphatic carbocycles. The van der Waals surface area contributed by atoms with Crippen molar-refractivity contribution in [2.24, 2.45) is 0 Å². The van der Waals surface area contributed by atoms with Crippen LogP contribution in [0.25, 0.3) is 0 Å². The molecule has 130 valence electrons. The number of hydrogen-bond donors (Lipinski definition) is 1. The van der Waals surface area contributed by atoms with Gasteiger partial charge in [-0.1, -0.05) is 43.7 Å². The summed E-state index contributed by atoms with van der Waals surface area (Å²) in [6, 6.07) is 10.0. The van der Waals surface area contributed by atoms with Crippen LogP contribution in [-0.4, -0.2) is 27.0 Å². The highest BCUT2D eigenvalue weighted by Crippen LogP contribution is 2.28. The van der Waals surface area contributed by atoms with Crippen LogP contribution in [-0.2, 0) is 12.7 Å². The van der Waals surface area contributed by atoms with Crippen LogP contribution >= 0.6 is 0 Å². The predicted octanol–water partition coefficient (Wildman–Crippen LogP) is 4.26. The molecule has 1 N–H and O–H groups in total. The first-order valence-electron chi connectivity index (χ1n) is 7.80. The van der Waals surface area contributed by atoms with Gasteiger partial charge in [0, 0.05) is 18.7 Å². The van der Waals surface area contributed by atoms with E-state index in [1.54, 1.807) is 4.90 Å². The van der Waals surface area contributed by atoms with Crippen LogP contribution in [0.15, 0.2) is 36.4 Å². The van der Waals surface area contributed by atoms with Crippen molar-refractivity contribution in [3.63, 3.8) is 0 Å². The quantitative estimate of drug-likeness (QED) is 0.855. The number of H-pyrrole nitrogens is 1. The van der Waals surface area contributed by atoms with Crippen molar-refractivity contribution in [1.82, 2.24) is 15.1 Å². The van der Waals surface area contributed by atoms with Crippen molar-refractivity contribution < 1.29 is 18.0 Å². The highest BCUT2D eigenvalue weighted by atomic mass is 19.4. The number of benzene rings is 1. The average molecular weight is 339 g/mol. The SMILES string of the molecule is CCCC(C)N(Cc1ccccc1)C(=O)c1cc(C(F)(F)F)n[nH]1. The molecule has 0 bridgehead atoms. The summed E-state index contributed by atoms with van der Waals surface area (Å²) in [7, 11) is 0. The van der Waals surface area contributed by atoms with Gasteiger partial charge >= 0.3 is 6.18 Å². The van der Waals surface area contributed by atoms with Crippen molar-refractivity contribution >= 4 is 5.91 Å². The van der Waals surface area contributed by atoms with Crippen molar-refractivity contribution in [3.05, 3.63) is 53.3 Å². The Balaban J connectivity index is 2.25. The minimum atomic E-state index is -4.58. The van der Waals surface area contributed by atoms with Gasteiger partial charge in [-0.2, -0.15) is 18.3 Å². The summed E-state index contributed by atoms with van der Waals surface area (Å²) in [6.45, 7) is 4.23. The first-order valence-corrected chi connectivity index (χ1v) is 7.80. The van der Waals surface area contributed by atoms with E-state index in [0.717, 1.165) is 24.5 Å². The highest BCUT2D eigenvalue weighted by molar-refractivity contribution is 5.92. The Morgan fingerprint density at radius 1 is 1.29 bits per heavy atom. The number of carbonyl (C=O) groups excluding carboxylic acids is 1. The van der Waals surface area contributed by atoms with Crippen LogP contribution in [0, 0.1) is 0 Å². The first kappa shape index (κ1) is 18.0. The summed E-state index contributed by atoms with van der Waals surface area (Å²) in [6.07, 6.45) is -2.94. The zero-order valence-electron chi connectivity index (χ0n) is 13.6. The van der Waals surface area contributed by atoms with E-state index < -0.39 is 17.8 Å². The van der Waals surface area contributed by atoms with Gasteiger partial charge < -0.3 is 4.90 Å². The smallest absolute Gasteiger partial charge is 0.330 e. The summed E-state index contributed by atoms with van der Waals surface area (Å²) < 4.78 is 38.1. The number of amides is 1. The molecule has 0 radical (unpaired) electrons. The number of nitrogens with one attached hydrogen (secondary N) is 1. The highest BCUT2D eigenvalue weighted by Gasteiger charge is 2.35. The lowest BCUT2D eigenvalue weighted by molar-refractivity contribution is -0.141. The second-order valence-corrected chi connectivity index (χ2v) is 5.72. The average Bonchev–Trinajstić information content (AvgIpc) is 3.03. The number of nitrogens with zero attached hydrogens (tertiary/aromatic N) is 2. The maximum absolute atomic E-state index is 12.7. The fourth-order valence-electron chi connectivity index (χ4n) is 2.51. The van der Waals surface area contributed by atoms with Crippen molar-refractivity contribution in [1.29, 1.82) is 0 Å². The van der Waals surface area contributed by atoms with E-state index in [1.807, 2.05) is 44.2 Å². The third-order valence-corrected chi connectivity index (χ3v) is 3.79. The number of halogens is 3. The molecular formula is C17H20F3N3O. The lowest BCUT2D eigenvalue weighted by Crippen LogP contribution is -2.38. The van der Waals surface area contributed by atoms with Crippen LogP contribution in [0.5, 0.6) is 0 Å². The zero-order chi connectivity index (χ0) is 17.7. The fourth-order valence-corrected chi connectivity index (χ4v) is 2.51. The second kappa shape index (κ2) is 7.51. The molecule has 0 saturated heterocycles. The molecule has 0 aliphatic heterocycles. The molecule has 0 fully saturated rings. The maximum atomic E-state index is 12.7. The Bertz CT molecular complexity index is 667. The van der Waals surface area contributed by atoms with Gasteiger partial charge in [-0.3, -0.25) is 9.89 Å². The summed E-state index contributed by atoms with van der Waals surface area (Å²) in [4.78, 5) is 14.3. The van der Waals surface area contributed by atoms with Crippen LogP contribution < -0.4 is 0 Å². The molecule has 0 spiro atoms. The van der Waals surface area contributed by atoms with Crippen LogP contribution in [0.4, 0.5) is 13.2 Å². The summed E-state index contributed by atoms with van der Waals surface area (Å²) in [5, 5.41) is 5.42. The molecule has 7 heteroatoms. The molecule has 24 heavy (non-hydrogen) atoms. The van der Waals surface area contributed by atoms with E-state index in [-0.39, 0.29) is 11.7 Å². The third kappa shape index (κ3) is 4.37. The standard InChI is InChI=1S/C17H20F3N3O/c1-3-7-12(2)23(11-13-8-5-4-6-9-13)16(24)14-10-15(22-21-14)17(18,19)20/h4-6,8-10,12H,3,7,11H2,1-2H3,(H,21,22). The lowest BCUT2D eigenvalue weighted by atomic mass is 10.1. The van der Waals surface area contributed by atoms with Gasteiger partial charge in [-0.25, -0.2) is 0 Å². The Morgan fingerprint density at radius 3 is 2.50 bits per heavy atom. The Labute approximate surface area is 138 Å². The zero-order valence-corrected chi connectivity index (χ0v) is 13.6. The summed E-state index contributed by atoms with van der Waals surface area (Å²) >= 11 is 0. The topological polar surface area (TPSA) is 49.0 Å². The predicted molar refractivity (Wildman–Crippen MR) is 84.3 cm³/mol. The molecular weight excluding hydrogens is 319 g/mol. The number of carbonyl (C=O) groups is 1. The number of rotatable bonds is 6. The van der Waals surface area contributed by atoms with E-state index in [1.165, 1.54) is 0 Å². The van der Waals surface area contributed by atoms with Gasteiger partial charge in [-0.05, 0) is 18.9 Å². The number of aromatic amines is 1. The Kier molecular flexibility index (Phi) is 5.64. The first-order chi connectivity index (χ1) is 11.3. The minimum Gasteiger partial charge on any atom is -0.330 e. The molecule has 0 saturated carbocycles. The molecule has 1 amide bonds. The van der Waals surface area contributed by atoms with E-state index in [0.29, 0.717) is 6.54 Å². The van der Waals surface area contributed by atoms with Crippen molar-refractivity contribution in [2.75, 3.05) is 0 Å². The molecule has 4 nitrogen and oxygen atoms in total. The lowest BCUT2D eigenvalue weighted by Gasteiger charge is -2.29. The second-order valence-electron chi connectivity index (χ2n) is 5.72. The molecule has 1 heterocycles. The van der Waals surface area contributed by atoms with Crippen LogP contribution in [0.3, 0.4) is 0 Å². The monoisotopic (exact) mass is 339 g/mol. The van der Waals surface area contributed by atoms with E-state index in [2.05, 4.69) is 10.2 Å². The van der Waals surface area contributed by atoms with E-state index in [4.69, 9.17) is 0 Å². The van der Waals surface area contributed by atoms with E-state index in [9.17, 15) is 18.0 Å². The number of hydrogen-bond acceptors (Lipinski definition) is 2. The van der Waals surface area contributed by atoms with Gasteiger partial charge in [-0.15, -0.1) is 0 Å². The maximum Gasteiger partial charge on any atom is 0.435 e. The number of alkyl halides is 3. The fraction of sp³-hybridized carbons (Fsp3) is 0.412. The van der Waals surface area contributed by atoms with Gasteiger partial charge in [0.25, 0.3) is 5.91 Å². The molecule has 2 rings (SSSR count). The van der Waals surface area contributed by atoms with E-state index >= 15 is 0 Å². The molecule has 2 aromatic rings. The normalized spacial score (nSPS) is 12.9. The van der Waals surface area contributed by atoms with Gasteiger partial charge in [0.1, 0.15) is 5.69 Å². The number of aromatic nitrogens is 2. The summed E-state index contributed by atoms with van der Waals surface area (Å²) in [5.41, 5.74) is -0.320. The molecule has 1 atom stereocenters. The Morgan fingerprint density at radius 2 is 1.96 bits per heavy atom. The van der Waals surface area contributed by atoms with Crippen LogP contribution in [0.2, 0.25) is 0 Å². The minimum absolute atomic E-state index is 0.0969. The van der Waals surface area contributed by atoms with Gasteiger partial charge in [0.2, 0.25) is 0 Å². The molecule has 1 aromatic carbocycles. The van der Waals surface area contributed by atoms with Gasteiger partial charge in [0.05, 0.1) is 0 Å². The Hall–Kier alpha value is -2.31. The summed E-state index contributed by atoms with van der Waals surface area (Å²) in [5.74, 6) is -0.484. The van der Waals surface area contributed by atoms with Crippen LogP contribution in [0.1, 0.15) is 48.4 Å². The largest absolute Gasteiger partial charge is 0.435 e. The molecule has 1 unspecified atom stereocenters. The molecule has 1 aromatic heterocycles. The van der Waals surface area contributed by atoms with Crippen molar-refractivity contribution in [3.8, 4) is 0 Å². The van der Waals surface area contributed by atoms with Crippen molar-refractivity contribution in [2.45, 2.75) is 45.5 Å². The van der Waals surface area contributed by atoms with Gasteiger partial charge in [0.15, 0.2) is 5.69 Å². The molecule has 0 aliphatic rings. The third-order valence-electron chi connectivity index (χ3n) is 3.79.